The Balaban J connectivity index is 2.39. The lowest BCUT2D eigenvalue weighted by molar-refractivity contribution is -0.197. The smallest absolute Gasteiger partial charge is 0.192 e. The summed E-state index contributed by atoms with van der Waals surface area (Å²) >= 11 is 0. The van der Waals surface area contributed by atoms with Crippen LogP contribution in [0.1, 0.15) is 46.0 Å². The highest BCUT2D eigenvalue weighted by molar-refractivity contribution is 4.78. The lowest BCUT2D eigenvalue weighted by atomic mass is 10.1. The van der Waals surface area contributed by atoms with Gasteiger partial charge in [-0.05, 0) is 12.8 Å². The maximum Gasteiger partial charge on any atom is 0.192 e. The maximum absolute atomic E-state index is 9.28. The van der Waals surface area contributed by atoms with Crippen molar-refractivity contribution in [1.82, 2.24) is 0 Å². The number of aliphatic hydroxyl groups excluding tert-OH is 1. The van der Waals surface area contributed by atoms with Gasteiger partial charge < -0.3 is 14.6 Å². The van der Waals surface area contributed by atoms with E-state index in [0.717, 1.165) is 32.1 Å². The van der Waals surface area contributed by atoms with Gasteiger partial charge in [0, 0.05) is 6.42 Å². The number of rotatable bonds is 6. The van der Waals surface area contributed by atoms with Gasteiger partial charge in [-0.1, -0.05) is 26.7 Å². The molecule has 0 saturated carbocycles. The summed E-state index contributed by atoms with van der Waals surface area (Å²) in [4.78, 5) is 0. The fourth-order valence-electron chi connectivity index (χ4n) is 1.82. The van der Waals surface area contributed by atoms with Gasteiger partial charge in [0.15, 0.2) is 5.79 Å². The minimum atomic E-state index is -0.685. The second-order valence-corrected chi connectivity index (χ2v) is 4.01. The largest absolute Gasteiger partial charge is 0.391 e. The van der Waals surface area contributed by atoms with E-state index in [-0.39, 0.29) is 12.7 Å². The van der Waals surface area contributed by atoms with Crippen molar-refractivity contribution in [2.24, 2.45) is 0 Å². The Hall–Kier alpha value is -0.120. The second kappa shape index (κ2) is 5.69. The van der Waals surface area contributed by atoms with Gasteiger partial charge in [-0.3, -0.25) is 0 Å². The molecule has 14 heavy (non-hydrogen) atoms. The van der Waals surface area contributed by atoms with Crippen LogP contribution in [0.4, 0.5) is 0 Å². The molecule has 84 valence electrons. The van der Waals surface area contributed by atoms with Crippen LogP contribution < -0.4 is 0 Å². The molecule has 0 aromatic rings. The Morgan fingerprint density at radius 1 is 1.36 bits per heavy atom. The first-order chi connectivity index (χ1) is 6.76. The van der Waals surface area contributed by atoms with Crippen LogP contribution >= 0.6 is 0 Å². The van der Waals surface area contributed by atoms with Crippen molar-refractivity contribution in [1.29, 1.82) is 0 Å². The van der Waals surface area contributed by atoms with E-state index >= 15 is 0 Å². The predicted octanol–water partition coefficient (Wildman–Crippen LogP) is 2.08. The molecule has 1 aliphatic rings. The molecule has 0 bridgehead atoms. The summed E-state index contributed by atoms with van der Waals surface area (Å²) in [5.41, 5.74) is 0. The molecule has 2 atom stereocenters. The van der Waals surface area contributed by atoms with E-state index in [2.05, 4.69) is 13.8 Å². The highest BCUT2D eigenvalue weighted by atomic mass is 16.8. The highest BCUT2D eigenvalue weighted by Gasteiger charge is 2.39. The van der Waals surface area contributed by atoms with Crippen LogP contribution in [-0.4, -0.2) is 30.2 Å². The first kappa shape index (κ1) is 12.0. The molecule has 3 nitrogen and oxygen atoms in total. The third-order valence-corrected chi connectivity index (χ3v) is 2.68. The molecule has 3 heteroatoms. The van der Waals surface area contributed by atoms with Crippen molar-refractivity contribution in [2.75, 3.05) is 13.2 Å². The van der Waals surface area contributed by atoms with Crippen LogP contribution in [0.2, 0.25) is 0 Å². The van der Waals surface area contributed by atoms with Gasteiger partial charge >= 0.3 is 0 Å². The monoisotopic (exact) mass is 202 g/mol. The molecule has 1 N–H and O–H groups in total. The Bertz CT molecular complexity index is 161. The topological polar surface area (TPSA) is 38.7 Å². The van der Waals surface area contributed by atoms with Gasteiger partial charge in [0.05, 0.1) is 19.3 Å². The molecular weight excluding hydrogens is 180 g/mol. The van der Waals surface area contributed by atoms with E-state index in [0.29, 0.717) is 6.61 Å². The molecule has 1 aliphatic heterocycles. The van der Waals surface area contributed by atoms with Gasteiger partial charge in [-0.15, -0.1) is 0 Å². The van der Waals surface area contributed by atoms with E-state index in [1.807, 2.05) is 0 Å². The summed E-state index contributed by atoms with van der Waals surface area (Å²) in [5, 5.41) is 9.28. The summed E-state index contributed by atoms with van der Waals surface area (Å²) in [6.07, 6.45) is 5.26. The fraction of sp³-hybridized carbons (Fsp3) is 1.00. The molecule has 0 amide bonds. The molecular formula is C11H22O3. The van der Waals surface area contributed by atoms with E-state index in [1.54, 1.807) is 0 Å². The molecule has 0 aliphatic carbocycles. The van der Waals surface area contributed by atoms with Crippen LogP contribution in [0.25, 0.3) is 0 Å². The molecule has 1 fully saturated rings. The zero-order valence-electron chi connectivity index (χ0n) is 9.29. The molecule has 0 spiro atoms. The standard InChI is InChI=1S/C11H22O3/c1-3-5-7-11(9-12)13-8-10(14-11)6-4-2/h10,12H,3-9H2,1-2H3. The molecule has 1 heterocycles. The summed E-state index contributed by atoms with van der Waals surface area (Å²) < 4.78 is 11.4. The molecule has 2 unspecified atom stereocenters. The zero-order valence-corrected chi connectivity index (χ0v) is 9.29. The highest BCUT2D eigenvalue weighted by Crippen LogP contribution is 2.30. The van der Waals surface area contributed by atoms with E-state index < -0.39 is 5.79 Å². The van der Waals surface area contributed by atoms with Crippen molar-refractivity contribution in [3.05, 3.63) is 0 Å². The fourth-order valence-corrected chi connectivity index (χ4v) is 1.82. The van der Waals surface area contributed by atoms with Crippen molar-refractivity contribution in [3.63, 3.8) is 0 Å². The third-order valence-electron chi connectivity index (χ3n) is 2.68. The van der Waals surface area contributed by atoms with Crippen LogP contribution in [0.15, 0.2) is 0 Å². The number of ether oxygens (including phenoxy) is 2. The van der Waals surface area contributed by atoms with E-state index in [9.17, 15) is 5.11 Å². The minimum Gasteiger partial charge on any atom is -0.391 e. The molecule has 0 radical (unpaired) electrons. The van der Waals surface area contributed by atoms with E-state index in [1.165, 1.54) is 0 Å². The van der Waals surface area contributed by atoms with Gasteiger partial charge in [-0.2, -0.15) is 0 Å². The number of hydrogen-bond donors (Lipinski definition) is 1. The second-order valence-electron chi connectivity index (χ2n) is 4.01. The quantitative estimate of drug-likeness (QED) is 0.716. The number of unbranched alkanes of at least 4 members (excludes halogenated alkanes) is 1. The molecule has 0 aromatic carbocycles. The van der Waals surface area contributed by atoms with E-state index in [4.69, 9.17) is 9.47 Å². The van der Waals surface area contributed by atoms with Gasteiger partial charge in [0.2, 0.25) is 0 Å². The van der Waals surface area contributed by atoms with Gasteiger partial charge in [0.1, 0.15) is 0 Å². The van der Waals surface area contributed by atoms with Crippen molar-refractivity contribution < 1.29 is 14.6 Å². The average Bonchev–Trinajstić information content (AvgIpc) is 2.60. The Morgan fingerprint density at radius 2 is 2.14 bits per heavy atom. The minimum absolute atomic E-state index is 0.0206. The Morgan fingerprint density at radius 3 is 2.71 bits per heavy atom. The van der Waals surface area contributed by atoms with Gasteiger partial charge in [0.25, 0.3) is 0 Å². The van der Waals surface area contributed by atoms with Crippen LogP contribution in [0.5, 0.6) is 0 Å². The van der Waals surface area contributed by atoms with Crippen molar-refractivity contribution in [2.45, 2.75) is 57.8 Å². The summed E-state index contributed by atoms with van der Waals surface area (Å²) in [6.45, 7) is 4.88. The summed E-state index contributed by atoms with van der Waals surface area (Å²) in [7, 11) is 0. The van der Waals surface area contributed by atoms with Crippen molar-refractivity contribution in [3.8, 4) is 0 Å². The molecule has 0 aromatic heterocycles. The molecule has 1 saturated heterocycles. The average molecular weight is 202 g/mol. The summed E-state index contributed by atoms with van der Waals surface area (Å²) in [6, 6.07) is 0. The zero-order chi connectivity index (χ0) is 10.4. The first-order valence-electron chi connectivity index (χ1n) is 5.69. The SMILES string of the molecule is CCCCC1(CO)OCC(CCC)O1. The first-order valence-corrected chi connectivity index (χ1v) is 5.69. The lowest BCUT2D eigenvalue weighted by Gasteiger charge is -2.25. The van der Waals surface area contributed by atoms with Crippen LogP contribution in [0, 0.1) is 0 Å². The lowest BCUT2D eigenvalue weighted by Crippen LogP contribution is -2.35. The Kier molecular flexibility index (Phi) is 4.85. The van der Waals surface area contributed by atoms with Crippen LogP contribution in [0.3, 0.4) is 0 Å². The van der Waals surface area contributed by atoms with Crippen LogP contribution in [-0.2, 0) is 9.47 Å². The predicted molar refractivity (Wildman–Crippen MR) is 55.1 cm³/mol. The molecule has 1 rings (SSSR count). The Labute approximate surface area is 86.4 Å². The number of aliphatic hydroxyl groups is 1. The normalized spacial score (nSPS) is 32.4. The van der Waals surface area contributed by atoms with Gasteiger partial charge in [-0.25, -0.2) is 0 Å². The third kappa shape index (κ3) is 2.94. The summed E-state index contributed by atoms with van der Waals surface area (Å²) in [5.74, 6) is -0.685. The van der Waals surface area contributed by atoms with Crippen molar-refractivity contribution >= 4 is 0 Å². The maximum atomic E-state index is 9.28. The number of hydrogen-bond acceptors (Lipinski definition) is 3.